The van der Waals surface area contributed by atoms with Crippen molar-refractivity contribution in [1.29, 1.82) is 0 Å². The lowest BCUT2D eigenvalue weighted by Crippen LogP contribution is -2.31. The van der Waals surface area contributed by atoms with Gasteiger partial charge >= 0.3 is 0 Å². The van der Waals surface area contributed by atoms with E-state index >= 15 is 0 Å². The van der Waals surface area contributed by atoms with Gasteiger partial charge < -0.3 is 10.2 Å². The summed E-state index contributed by atoms with van der Waals surface area (Å²) in [6.45, 7) is 2.71. The highest BCUT2D eigenvalue weighted by atomic mass is 127. The highest BCUT2D eigenvalue weighted by molar-refractivity contribution is 14.2. The standard InChI is InChI=1S/C28H27IN6O2/c1-2-3-4-10-23(36)34-17-7-8-21(34)27-33-24(25-26(30)29-15-18-35(25)27)19-11-13-20(14-12-19)28(37)32-22-9-5-6-16-31-22/h5-6,9,11-16,18,21H,2-3,7-8,17,30H2,1H3,(H,31,32,37). The minimum Gasteiger partial charge on any atom is -0.322 e. The van der Waals surface area contributed by atoms with Gasteiger partial charge in [-0.1, -0.05) is 51.8 Å². The van der Waals surface area contributed by atoms with Crippen LogP contribution in [0.1, 0.15) is 60.5 Å². The number of halogens is 1. The zero-order valence-corrected chi connectivity index (χ0v) is 22.6. The summed E-state index contributed by atoms with van der Waals surface area (Å²) in [4.78, 5) is 36.6. The molecular formula is C28H27IN6O2. The second-order valence-corrected chi connectivity index (χ2v) is 11.2. The summed E-state index contributed by atoms with van der Waals surface area (Å²) in [5.74, 6) is 6.69. The number of nitrogens with zero attached hydrogens (tertiary/aromatic N) is 4. The third-order valence-electron chi connectivity index (χ3n) is 6.26. The number of hydrogen-bond acceptors (Lipinski definition) is 5. The Labute approximate surface area is 225 Å². The third kappa shape index (κ3) is 5.26. The molecule has 4 heterocycles. The molecule has 188 valence electrons. The molecule has 1 unspecified atom stereocenters. The molecular weight excluding hydrogens is 579 g/mol. The van der Waals surface area contributed by atoms with Crippen LogP contribution in [0.4, 0.5) is 5.82 Å². The molecule has 0 radical (unpaired) electrons. The van der Waals surface area contributed by atoms with Gasteiger partial charge in [0.05, 0.1) is 21.1 Å². The molecule has 2 aliphatic rings. The van der Waals surface area contributed by atoms with E-state index in [9.17, 15) is 9.59 Å². The molecule has 37 heavy (non-hydrogen) atoms. The molecule has 8 nitrogen and oxygen atoms in total. The predicted octanol–water partition coefficient (Wildman–Crippen LogP) is 4.51. The van der Waals surface area contributed by atoms with Crippen LogP contribution in [-0.2, 0) is 4.79 Å². The average molecular weight is 606 g/mol. The zero-order chi connectivity index (χ0) is 25.8. The Morgan fingerprint density at radius 3 is 2.81 bits per heavy atom. The van der Waals surface area contributed by atoms with E-state index in [4.69, 9.17) is 10.7 Å². The van der Waals surface area contributed by atoms with Gasteiger partial charge in [-0.2, -0.15) is 0 Å². The number of amides is 2. The van der Waals surface area contributed by atoms with Crippen molar-refractivity contribution >= 4 is 48.2 Å². The molecule has 2 amide bonds. The van der Waals surface area contributed by atoms with Crippen LogP contribution in [0.5, 0.6) is 0 Å². The maximum Gasteiger partial charge on any atom is 0.299 e. The van der Waals surface area contributed by atoms with Crippen molar-refractivity contribution in [1.82, 2.24) is 19.4 Å². The lowest BCUT2D eigenvalue weighted by molar-refractivity contribution is -0.126. The van der Waals surface area contributed by atoms with E-state index in [2.05, 4.69) is 26.2 Å². The number of unbranched alkanes of at least 4 members (excludes halogenated alkanes) is 1. The number of benzene rings is 1. The molecule has 3 N–H and O–H groups in total. The molecule has 1 atom stereocenters. The molecule has 1 fully saturated rings. The van der Waals surface area contributed by atoms with E-state index in [0.717, 1.165) is 45.7 Å². The summed E-state index contributed by atoms with van der Waals surface area (Å²) >= 11 is -0.447. The maximum atomic E-state index is 12.9. The van der Waals surface area contributed by atoms with Crippen LogP contribution >= 0.6 is 20.7 Å². The monoisotopic (exact) mass is 606 g/mol. The summed E-state index contributed by atoms with van der Waals surface area (Å²) in [6.07, 6.45) is 7.02. The first kappa shape index (κ1) is 25.0. The molecule has 2 aliphatic heterocycles. The van der Waals surface area contributed by atoms with Gasteiger partial charge in [-0.25, -0.2) is 9.97 Å². The minimum absolute atomic E-state index is 0.151. The van der Waals surface area contributed by atoms with Crippen LogP contribution in [0.15, 0.2) is 52.7 Å². The molecule has 3 aromatic rings. The second kappa shape index (κ2) is 11.2. The van der Waals surface area contributed by atoms with Crippen molar-refractivity contribution in [3.05, 3.63) is 69.8 Å². The zero-order valence-electron chi connectivity index (χ0n) is 20.4. The number of carbonyl (C=O) groups is 2. The lowest BCUT2D eigenvalue weighted by Gasteiger charge is -2.23. The summed E-state index contributed by atoms with van der Waals surface area (Å²) in [6, 6.07) is 12.5. The van der Waals surface area contributed by atoms with Crippen molar-refractivity contribution in [2.24, 2.45) is 5.73 Å². The van der Waals surface area contributed by atoms with Crippen LogP contribution in [0.2, 0.25) is 0 Å². The first-order valence-electron chi connectivity index (χ1n) is 12.2. The molecule has 9 heteroatoms. The number of likely N-dealkylation sites (tertiary alicyclic amines) is 1. The van der Waals surface area contributed by atoms with E-state index in [1.165, 1.54) is 0 Å². The number of imidazole rings is 1. The second-order valence-electron chi connectivity index (χ2n) is 8.72. The quantitative estimate of drug-likeness (QED) is 0.329. The fraction of sp³-hybridized carbons (Fsp3) is 0.250. The van der Waals surface area contributed by atoms with Crippen molar-refractivity contribution in [2.45, 2.75) is 38.6 Å². The molecule has 0 bridgehead atoms. The summed E-state index contributed by atoms with van der Waals surface area (Å²) < 4.78 is 4.97. The predicted molar refractivity (Wildman–Crippen MR) is 154 cm³/mol. The third-order valence-corrected chi connectivity index (χ3v) is 8.12. The molecule has 0 spiro atoms. The van der Waals surface area contributed by atoms with Crippen LogP contribution in [0.25, 0.3) is 17.5 Å². The number of hydrogen-bond donors (Lipinski definition) is 2. The Morgan fingerprint density at radius 2 is 2.05 bits per heavy atom. The largest absolute Gasteiger partial charge is 0.322 e. The smallest absolute Gasteiger partial charge is 0.299 e. The Balaban J connectivity index is 1.46. The molecule has 1 aromatic carbocycles. The van der Waals surface area contributed by atoms with Crippen molar-refractivity contribution in [3.8, 4) is 23.1 Å². The number of nitrogens with one attached hydrogen (secondary N) is 1. The van der Waals surface area contributed by atoms with Crippen molar-refractivity contribution in [2.75, 3.05) is 11.9 Å². The highest BCUT2D eigenvalue weighted by Gasteiger charge is 2.35. The lowest BCUT2D eigenvalue weighted by atomic mass is 10.1. The van der Waals surface area contributed by atoms with Crippen molar-refractivity contribution in [3.63, 3.8) is 0 Å². The van der Waals surface area contributed by atoms with Gasteiger partial charge in [-0.15, -0.1) is 0 Å². The van der Waals surface area contributed by atoms with Gasteiger partial charge in [0.1, 0.15) is 11.6 Å². The SMILES string of the molecule is CCCC#CC(=O)N1CCCC1c1nc(-c2ccc(C(=O)Nc3ccccn3)cc2)c2n1C=CI=C2N. The topological polar surface area (TPSA) is 106 Å². The number of pyridine rings is 1. The Morgan fingerprint density at radius 1 is 1.22 bits per heavy atom. The van der Waals surface area contributed by atoms with E-state index in [-0.39, 0.29) is 17.9 Å². The van der Waals surface area contributed by atoms with Crippen molar-refractivity contribution < 1.29 is 9.59 Å². The van der Waals surface area contributed by atoms with Gasteiger partial charge in [0, 0.05) is 36.5 Å². The maximum absolute atomic E-state index is 12.9. The number of anilines is 1. The normalized spacial score (nSPS) is 16.2. The van der Waals surface area contributed by atoms with Crippen LogP contribution in [0.3, 0.4) is 0 Å². The molecule has 5 rings (SSSR count). The van der Waals surface area contributed by atoms with Crippen LogP contribution in [0, 0.1) is 11.8 Å². The highest BCUT2D eigenvalue weighted by Crippen LogP contribution is 2.37. The first-order chi connectivity index (χ1) is 18.1. The molecule has 1 saturated heterocycles. The number of fused-ring (bicyclic) bond motifs is 1. The Kier molecular flexibility index (Phi) is 7.58. The van der Waals surface area contributed by atoms with E-state index in [1.807, 2.05) is 40.8 Å². The number of carbonyl (C=O) groups excluding carboxylic acids is 2. The minimum atomic E-state index is -0.447. The fourth-order valence-corrected chi connectivity index (χ4v) is 6.17. The molecule has 0 saturated carbocycles. The summed E-state index contributed by atoms with van der Waals surface area (Å²) in [5, 5.41) is 2.80. The van der Waals surface area contributed by atoms with Crippen LogP contribution in [-0.4, -0.2) is 41.4 Å². The van der Waals surface area contributed by atoms with Gasteiger partial charge in [-0.05, 0) is 53.5 Å². The molecule has 0 aliphatic carbocycles. The molecule has 2 aromatic heterocycles. The fourth-order valence-electron chi connectivity index (χ4n) is 4.49. The Bertz CT molecular complexity index is 1450. The van der Waals surface area contributed by atoms with Gasteiger partial charge in [0.15, 0.2) is 0 Å². The summed E-state index contributed by atoms with van der Waals surface area (Å²) in [5.41, 5.74) is 9.55. The summed E-state index contributed by atoms with van der Waals surface area (Å²) in [7, 11) is 0. The first-order valence-corrected chi connectivity index (χ1v) is 14.6. The van der Waals surface area contributed by atoms with Gasteiger partial charge in [-0.3, -0.25) is 19.9 Å². The average Bonchev–Trinajstić information content (AvgIpc) is 3.55. The number of aromatic nitrogens is 3. The number of rotatable bonds is 5. The van der Waals surface area contributed by atoms with E-state index in [0.29, 0.717) is 24.3 Å². The van der Waals surface area contributed by atoms with E-state index < -0.39 is 20.7 Å². The van der Waals surface area contributed by atoms with Gasteiger partial charge in [0.2, 0.25) is 0 Å². The van der Waals surface area contributed by atoms with Crippen LogP contribution < -0.4 is 11.1 Å². The van der Waals surface area contributed by atoms with E-state index in [1.54, 1.807) is 30.5 Å². The Hall–Kier alpha value is -3.62. The van der Waals surface area contributed by atoms with Gasteiger partial charge in [0.25, 0.3) is 11.8 Å². The number of nitrogens with two attached hydrogens (primary N) is 1.